The van der Waals surface area contributed by atoms with Gasteiger partial charge in [0.2, 0.25) is 0 Å². The standard InChI is InChI=1S/C7H12O2.C2H7N/c1-5-6(8)9-7(2,3)4;1-3-2/h5H,1H2,2-4H3;3H,1-2H3. The minimum atomic E-state index is -0.398. The van der Waals surface area contributed by atoms with Crippen LogP contribution < -0.4 is 5.32 Å². The lowest BCUT2D eigenvalue weighted by Gasteiger charge is -2.17. The van der Waals surface area contributed by atoms with E-state index in [1.807, 2.05) is 34.9 Å². The van der Waals surface area contributed by atoms with E-state index in [1.54, 1.807) is 0 Å². The summed E-state index contributed by atoms with van der Waals surface area (Å²) in [6.45, 7) is 8.71. The molecule has 0 aliphatic rings. The minimum Gasteiger partial charge on any atom is -0.457 e. The zero-order valence-corrected chi connectivity index (χ0v) is 8.60. The predicted molar refractivity (Wildman–Crippen MR) is 51.0 cm³/mol. The van der Waals surface area contributed by atoms with Crippen LogP contribution >= 0.6 is 0 Å². The predicted octanol–water partition coefficient (Wildman–Crippen LogP) is 1.35. The van der Waals surface area contributed by atoms with Crippen molar-refractivity contribution in [3.05, 3.63) is 12.7 Å². The molecule has 0 rings (SSSR count). The van der Waals surface area contributed by atoms with Crippen LogP contribution in [0.5, 0.6) is 0 Å². The number of ether oxygens (including phenoxy) is 1. The highest BCUT2D eigenvalue weighted by Crippen LogP contribution is 2.06. The summed E-state index contributed by atoms with van der Waals surface area (Å²) in [6, 6.07) is 0. The highest BCUT2D eigenvalue weighted by molar-refractivity contribution is 5.81. The smallest absolute Gasteiger partial charge is 0.330 e. The highest BCUT2D eigenvalue weighted by Gasteiger charge is 2.12. The van der Waals surface area contributed by atoms with Crippen molar-refractivity contribution < 1.29 is 9.53 Å². The van der Waals surface area contributed by atoms with Crippen LogP contribution in [0.15, 0.2) is 12.7 Å². The second-order valence-corrected chi connectivity index (χ2v) is 3.24. The fraction of sp³-hybridized carbons (Fsp3) is 0.667. The Morgan fingerprint density at radius 2 is 1.75 bits per heavy atom. The molecule has 1 N–H and O–H groups in total. The van der Waals surface area contributed by atoms with Crippen LogP contribution in [0.3, 0.4) is 0 Å². The van der Waals surface area contributed by atoms with E-state index >= 15 is 0 Å². The molecule has 3 nitrogen and oxygen atoms in total. The Labute approximate surface area is 74.8 Å². The van der Waals surface area contributed by atoms with Crippen molar-refractivity contribution in [1.29, 1.82) is 0 Å². The molecule has 12 heavy (non-hydrogen) atoms. The molecule has 0 unspecified atom stereocenters. The Morgan fingerprint density at radius 3 is 1.83 bits per heavy atom. The number of hydrogen-bond donors (Lipinski definition) is 1. The van der Waals surface area contributed by atoms with E-state index in [9.17, 15) is 4.79 Å². The molecule has 0 atom stereocenters. The first-order chi connectivity index (χ1) is 5.37. The summed E-state index contributed by atoms with van der Waals surface area (Å²) in [6.07, 6.45) is 1.16. The van der Waals surface area contributed by atoms with E-state index < -0.39 is 5.60 Å². The van der Waals surface area contributed by atoms with Gasteiger partial charge in [-0.25, -0.2) is 4.79 Å². The van der Waals surface area contributed by atoms with Crippen LogP contribution in [0.4, 0.5) is 0 Å². The number of esters is 1. The molecule has 0 amide bonds. The fourth-order valence-corrected chi connectivity index (χ4v) is 0.343. The lowest BCUT2D eigenvalue weighted by Crippen LogP contribution is -2.22. The first-order valence-electron chi connectivity index (χ1n) is 3.81. The summed E-state index contributed by atoms with van der Waals surface area (Å²) in [5.74, 6) is -0.373. The number of nitrogens with one attached hydrogen (secondary N) is 1. The van der Waals surface area contributed by atoms with E-state index in [0.29, 0.717) is 0 Å². The third-order valence-corrected chi connectivity index (χ3v) is 0.573. The average molecular weight is 173 g/mol. The van der Waals surface area contributed by atoms with Crippen LogP contribution in [-0.2, 0) is 9.53 Å². The monoisotopic (exact) mass is 173 g/mol. The van der Waals surface area contributed by atoms with Crippen LogP contribution in [-0.4, -0.2) is 25.7 Å². The van der Waals surface area contributed by atoms with Gasteiger partial charge >= 0.3 is 5.97 Å². The van der Waals surface area contributed by atoms with Gasteiger partial charge in [-0.15, -0.1) is 0 Å². The normalized spacial score (nSPS) is 9.42. The van der Waals surface area contributed by atoms with E-state index in [4.69, 9.17) is 4.74 Å². The third kappa shape index (κ3) is 16.1. The summed E-state index contributed by atoms with van der Waals surface area (Å²) >= 11 is 0. The first kappa shape index (κ1) is 13.7. The van der Waals surface area contributed by atoms with Gasteiger partial charge in [0, 0.05) is 6.08 Å². The first-order valence-corrected chi connectivity index (χ1v) is 3.81. The molecular weight excluding hydrogens is 154 g/mol. The molecule has 0 aromatic rings. The molecule has 0 aromatic carbocycles. The van der Waals surface area contributed by atoms with Crippen molar-refractivity contribution in [3.8, 4) is 0 Å². The number of hydrogen-bond acceptors (Lipinski definition) is 3. The molecular formula is C9H19NO2. The van der Waals surface area contributed by atoms with Crippen molar-refractivity contribution in [3.63, 3.8) is 0 Å². The zero-order chi connectivity index (χ0) is 10.2. The van der Waals surface area contributed by atoms with Gasteiger partial charge in [-0.05, 0) is 34.9 Å². The summed E-state index contributed by atoms with van der Waals surface area (Å²) < 4.78 is 4.83. The molecule has 0 saturated carbocycles. The summed E-state index contributed by atoms with van der Waals surface area (Å²) in [5.41, 5.74) is -0.398. The average Bonchev–Trinajstić information content (AvgIpc) is 1.86. The Morgan fingerprint density at radius 1 is 1.42 bits per heavy atom. The lowest BCUT2D eigenvalue weighted by atomic mass is 10.2. The Kier molecular flexibility index (Phi) is 7.85. The number of carbonyl (C=O) groups excluding carboxylic acids is 1. The van der Waals surface area contributed by atoms with Gasteiger partial charge in [-0.1, -0.05) is 6.58 Å². The maximum Gasteiger partial charge on any atom is 0.330 e. The minimum absolute atomic E-state index is 0.373. The fourth-order valence-electron chi connectivity index (χ4n) is 0.343. The van der Waals surface area contributed by atoms with Crippen LogP contribution in [0.2, 0.25) is 0 Å². The van der Waals surface area contributed by atoms with Gasteiger partial charge in [0.15, 0.2) is 0 Å². The van der Waals surface area contributed by atoms with Crippen LogP contribution in [0, 0.1) is 0 Å². The van der Waals surface area contributed by atoms with Gasteiger partial charge in [0.1, 0.15) is 5.60 Å². The van der Waals surface area contributed by atoms with Gasteiger partial charge in [0.05, 0.1) is 0 Å². The Hall–Kier alpha value is -0.830. The van der Waals surface area contributed by atoms with Gasteiger partial charge < -0.3 is 10.1 Å². The van der Waals surface area contributed by atoms with Crippen molar-refractivity contribution in [1.82, 2.24) is 5.32 Å². The molecule has 0 spiro atoms. The largest absolute Gasteiger partial charge is 0.457 e. The maximum absolute atomic E-state index is 10.5. The van der Waals surface area contributed by atoms with E-state index in [2.05, 4.69) is 11.9 Å². The van der Waals surface area contributed by atoms with Gasteiger partial charge in [-0.3, -0.25) is 0 Å². The summed E-state index contributed by atoms with van der Waals surface area (Å²) in [7, 11) is 3.75. The maximum atomic E-state index is 10.5. The van der Waals surface area contributed by atoms with Crippen molar-refractivity contribution >= 4 is 5.97 Å². The van der Waals surface area contributed by atoms with Crippen LogP contribution in [0.25, 0.3) is 0 Å². The molecule has 0 bridgehead atoms. The SMILES string of the molecule is C=CC(=O)OC(C)(C)C.CNC. The van der Waals surface area contributed by atoms with E-state index in [0.717, 1.165) is 6.08 Å². The molecule has 0 fully saturated rings. The molecule has 0 aliphatic heterocycles. The van der Waals surface area contributed by atoms with Crippen molar-refractivity contribution in [2.75, 3.05) is 14.1 Å². The highest BCUT2D eigenvalue weighted by atomic mass is 16.6. The molecule has 3 heteroatoms. The molecule has 72 valence electrons. The topological polar surface area (TPSA) is 38.3 Å². The van der Waals surface area contributed by atoms with Crippen molar-refractivity contribution in [2.24, 2.45) is 0 Å². The molecule has 0 saturated heterocycles. The summed E-state index contributed by atoms with van der Waals surface area (Å²) in [5, 5.41) is 2.75. The van der Waals surface area contributed by atoms with E-state index in [-0.39, 0.29) is 5.97 Å². The lowest BCUT2D eigenvalue weighted by molar-refractivity contribution is -0.148. The molecule has 0 aromatic heterocycles. The van der Waals surface area contributed by atoms with E-state index in [1.165, 1.54) is 0 Å². The Balaban J connectivity index is 0. The molecule has 0 aliphatic carbocycles. The van der Waals surface area contributed by atoms with Gasteiger partial charge in [0.25, 0.3) is 0 Å². The Bertz CT molecular complexity index is 136. The molecule has 0 heterocycles. The third-order valence-electron chi connectivity index (χ3n) is 0.573. The number of rotatable bonds is 1. The zero-order valence-electron chi connectivity index (χ0n) is 8.60. The quantitative estimate of drug-likeness (QED) is 0.480. The van der Waals surface area contributed by atoms with Crippen LogP contribution in [0.1, 0.15) is 20.8 Å². The van der Waals surface area contributed by atoms with Crippen molar-refractivity contribution in [2.45, 2.75) is 26.4 Å². The second-order valence-electron chi connectivity index (χ2n) is 3.24. The summed E-state index contributed by atoms with van der Waals surface area (Å²) in [4.78, 5) is 10.5. The molecule has 0 radical (unpaired) electrons. The number of carbonyl (C=O) groups is 1. The second kappa shape index (κ2) is 6.85. The van der Waals surface area contributed by atoms with Gasteiger partial charge in [-0.2, -0.15) is 0 Å².